The summed E-state index contributed by atoms with van der Waals surface area (Å²) in [5.74, 6) is -2.42. The molecular weight excluding hydrogens is 401 g/mol. The molecule has 0 saturated carbocycles. The second-order valence-electron chi connectivity index (χ2n) is 6.42. The summed E-state index contributed by atoms with van der Waals surface area (Å²) in [6, 6.07) is -1.00. The summed E-state index contributed by atoms with van der Waals surface area (Å²) in [6.45, 7) is 0.178. The van der Waals surface area contributed by atoms with Gasteiger partial charge in [0.15, 0.2) is 0 Å². The molecule has 0 radical (unpaired) electrons. The number of carbonyl (C=O) groups excluding carboxylic acids is 4. The summed E-state index contributed by atoms with van der Waals surface area (Å²) in [6.07, 6.45) is 1.17. The van der Waals surface area contributed by atoms with Crippen molar-refractivity contribution in [3.05, 3.63) is 11.3 Å². The van der Waals surface area contributed by atoms with Crippen LogP contribution in [0.1, 0.15) is 6.42 Å². The molecule has 12 nitrogen and oxygen atoms in total. The molecule has 142 valence electrons. The van der Waals surface area contributed by atoms with Gasteiger partial charge in [-0.25, -0.2) is 4.68 Å². The average molecular weight is 415 g/mol. The van der Waals surface area contributed by atoms with Crippen LogP contribution in [-0.4, -0.2) is 78.6 Å². The minimum atomic E-state index is -1.43. The normalized spacial score (nSPS) is 25.1. The third-order valence-electron chi connectivity index (χ3n) is 5.06. The molecule has 4 heterocycles. The number of carbonyl (C=O) groups is 4. The molecule has 0 aromatic carbocycles. The zero-order valence-corrected chi connectivity index (χ0v) is 17.7. The van der Waals surface area contributed by atoms with Gasteiger partial charge in [0.1, 0.15) is 12.6 Å². The Morgan fingerprint density at radius 3 is 2.79 bits per heavy atom. The summed E-state index contributed by atoms with van der Waals surface area (Å²) < 4.78 is 1.22. The number of nitrogens with two attached hydrogens (primary N) is 1. The number of carboxylic acid groups (broad SMARTS) is 1. The molecule has 0 aliphatic carbocycles. The van der Waals surface area contributed by atoms with Gasteiger partial charge in [-0.2, -0.15) is 0 Å². The van der Waals surface area contributed by atoms with E-state index in [1.54, 1.807) is 0 Å². The fourth-order valence-corrected chi connectivity index (χ4v) is 4.99. The van der Waals surface area contributed by atoms with E-state index < -0.39 is 23.8 Å². The Morgan fingerprint density at radius 1 is 1.39 bits per heavy atom. The maximum atomic E-state index is 12.4. The number of β-lactam (4-membered cyclic amide) rings is 1. The zero-order valence-electron chi connectivity index (χ0n) is 14.8. The van der Waals surface area contributed by atoms with E-state index in [0.717, 1.165) is 11.8 Å². The quantitative estimate of drug-likeness (QED) is 0.197. The fourth-order valence-electron chi connectivity index (χ4n) is 4.01. The summed E-state index contributed by atoms with van der Waals surface area (Å²) in [5.41, 5.74) is 5.57. The van der Waals surface area contributed by atoms with Crippen molar-refractivity contribution in [1.82, 2.24) is 30.0 Å². The van der Waals surface area contributed by atoms with Gasteiger partial charge in [-0.3, -0.25) is 14.4 Å². The Balaban J connectivity index is 0.00000225. The maximum Gasteiger partial charge on any atom is 1.00 e. The number of rotatable bonds is 7. The number of hydrogen-bond acceptors (Lipinski definition) is 9. The van der Waals surface area contributed by atoms with E-state index in [1.807, 2.05) is 0 Å². The maximum absolute atomic E-state index is 12.4. The minimum Gasteiger partial charge on any atom is -0.543 e. The van der Waals surface area contributed by atoms with E-state index in [1.165, 1.54) is 14.5 Å². The van der Waals surface area contributed by atoms with Gasteiger partial charge in [0.25, 0.3) is 5.91 Å². The van der Waals surface area contributed by atoms with E-state index >= 15 is 0 Å². The number of tetrazole rings is 1. The van der Waals surface area contributed by atoms with Crippen LogP contribution in [0.3, 0.4) is 0 Å². The van der Waals surface area contributed by atoms with Crippen molar-refractivity contribution in [2.75, 3.05) is 12.3 Å². The van der Waals surface area contributed by atoms with Crippen molar-refractivity contribution in [1.29, 1.82) is 0 Å². The summed E-state index contributed by atoms with van der Waals surface area (Å²) in [4.78, 5) is 49.0. The Morgan fingerprint density at radius 2 is 2.14 bits per heavy atom. The molecule has 2 fully saturated rings. The monoisotopic (exact) mass is 415 g/mol. The molecule has 0 spiro atoms. The van der Waals surface area contributed by atoms with Crippen molar-refractivity contribution in [2.45, 2.75) is 30.2 Å². The first-order chi connectivity index (χ1) is 12.9. The van der Waals surface area contributed by atoms with Gasteiger partial charge in [0.2, 0.25) is 17.5 Å². The number of likely N-dealkylation sites (tertiary alicyclic amines) is 1. The molecule has 3 atom stereocenters. The minimum absolute atomic E-state index is 0. The van der Waals surface area contributed by atoms with Crippen LogP contribution in [0.4, 0.5) is 0 Å². The van der Waals surface area contributed by atoms with Gasteiger partial charge < -0.3 is 25.4 Å². The van der Waals surface area contributed by atoms with Crippen LogP contribution in [0.2, 0.25) is 0 Å². The molecule has 4 rings (SSSR count). The molecule has 1 unspecified atom stereocenters. The Kier molecular flexibility index (Phi) is 5.79. The smallest absolute Gasteiger partial charge is 0.543 e. The Hall–Kier alpha value is -1.96. The average Bonchev–Trinajstić information content (AvgIpc) is 3.18. The molecule has 2 saturated heterocycles. The number of primary amides is 1. The first-order valence-corrected chi connectivity index (χ1v) is 9.08. The van der Waals surface area contributed by atoms with E-state index in [2.05, 4.69) is 15.5 Å². The summed E-state index contributed by atoms with van der Waals surface area (Å²) >= 11 is 1.15. The van der Waals surface area contributed by atoms with Crippen LogP contribution >= 0.6 is 11.8 Å². The van der Waals surface area contributed by atoms with Gasteiger partial charge in [-0.1, -0.05) is 11.8 Å². The third-order valence-corrected chi connectivity index (χ3v) is 6.07. The Bertz CT molecular complexity index is 889. The summed E-state index contributed by atoms with van der Waals surface area (Å²) in [5, 5.41) is 23.0. The molecule has 2 N–H and O–H groups in total. The molecule has 0 bridgehead atoms. The number of thioether (sulfide) groups is 1. The van der Waals surface area contributed by atoms with Crippen LogP contribution in [0.25, 0.3) is 0 Å². The number of amides is 3. The van der Waals surface area contributed by atoms with E-state index in [0.29, 0.717) is 30.1 Å². The number of carboxylic acids is 1. The van der Waals surface area contributed by atoms with Crippen molar-refractivity contribution in [3.8, 4) is 0 Å². The number of nitrogens with zero attached hydrogens (tertiary/aromatic N) is 6. The van der Waals surface area contributed by atoms with Crippen LogP contribution in [0.15, 0.2) is 16.4 Å². The number of aromatic nitrogens is 4. The second kappa shape index (κ2) is 7.81. The third kappa shape index (κ3) is 3.11. The molecule has 1 aromatic heterocycles. The van der Waals surface area contributed by atoms with Gasteiger partial charge in [0, 0.05) is 18.2 Å². The molecule has 3 aliphatic heterocycles. The van der Waals surface area contributed by atoms with Crippen molar-refractivity contribution in [2.24, 2.45) is 11.7 Å². The van der Waals surface area contributed by atoms with Crippen molar-refractivity contribution >= 4 is 36.0 Å². The van der Waals surface area contributed by atoms with E-state index in [-0.39, 0.29) is 59.5 Å². The van der Waals surface area contributed by atoms with Crippen molar-refractivity contribution < 1.29 is 53.8 Å². The van der Waals surface area contributed by atoms with Gasteiger partial charge in [-0.15, -0.1) is 5.10 Å². The molecule has 3 aliphatic rings. The van der Waals surface area contributed by atoms with E-state index in [4.69, 9.17) is 5.73 Å². The van der Waals surface area contributed by atoms with E-state index in [9.17, 15) is 24.3 Å². The van der Waals surface area contributed by atoms with Gasteiger partial charge >= 0.3 is 29.6 Å². The SMILES string of the molecule is NC(=O)Cn1nnnc1SCC1=C(C(=O)[O-])N2C(=O)[C@@H]3[C@H]2C1CCN3C=O.[Na+]. The number of hydrogen-bond donors (Lipinski definition) is 1. The first-order valence-electron chi connectivity index (χ1n) is 8.09. The largest absolute Gasteiger partial charge is 1.00 e. The topological polar surface area (TPSA) is 167 Å². The van der Waals surface area contributed by atoms with Crippen molar-refractivity contribution in [3.63, 3.8) is 0 Å². The molecule has 14 heteroatoms. The summed E-state index contributed by atoms with van der Waals surface area (Å²) in [7, 11) is 0. The Labute approximate surface area is 184 Å². The van der Waals surface area contributed by atoms with Gasteiger partial charge in [0.05, 0.1) is 17.7 Å². The van der Waals surface area contributed by atoms with Crippen LogP contribution in [0.5, 0.6) is 0 Å². The predicted molar refractivity (Wildman–Crippen MR) is 85.1 cm³/mol. The van der Waals surface area contributed by atoms with Crippen LogP contribution in [-0.2, 0) is 25.7 Å². The molecule has 3 amide bonds. The zero-order chi connectivity index (χ0) is 19.3. The molecular formula is C14H14N7NaO5S. The number of piperidine rings is 1. The molecule has 1 aromatic rings. The predicted octanol–water partition coefficient (Wildman–Crippen LogP) is -6.67. The van der Waals surface area contributed by atoms with Crippen LogP contribution < -0.4 is 40.4 Å². The fraction of sp³-hybridized carbons (Fsp3) is 0.500. The van der Waals surface area contributed by atoms with Gasteiger partial charge in [-0.05, 0) is 22.4 Å². The molecule has 28 heavy (non-hydrogen) atoms. The number of aliphatic carboxylic acids is 1. The standard InChI is InChI=1S/C14H15N7O5S.Na/c15-8(23)3-20-14(16-17-18-20)27-4-7-6-1-2-19(5-22)11-9(6)21(12(11)24)10(7)13(25)26;/h5-6,9,11H,1-4H2,(H2,15,23)(H,25,26);/q;+1/p-1/t6?,9-,11+;/m1./s1. The first kappa shape index (κ1) is 20.8. The van der Waals surface area contributed by atoms with Crippen LogP contribution in [0, 0.1) is 5.92 Å². The second-order valence-corrected chi connectivity index (χ2v) is 7.36.